The number of carbonyl (C=O) groups is 2. The van der Waals surface area contributed by atoms with Crippen LogP contribution in [0.3, 0.4) is 0 Å². The molecule has 1 rings (SSSR count). The van der Waals surface area contributed by atoms with Gasteiger partial charge in [0.05, 0.1) is 0 Å². The van der Waals surface area contributed by atoms with E-state index in [1.807, 2.05) is 0 Å². The maximum Gasteiger partial charge on any atom is 0.412 e. The number of carboxylic acids is 1. The number of rotatable bonds is 3. The summed E-state index contributed by atoms with van der Waals surface area (Å²) >= 11 is 0. The van der Waals surface area contributed by atoms with Gasteiger partial charge in [0.15, 0.2) is 0 Å². The van der Waals surface area contributed by atoms with Gasteiger partial charge in [0.2, 0.25) is 0 Å². The molecule has 0 saturated heterocycles. The second kappa shape index (κ2) is 6.10. The van der Waals surface area contributed by atoms with Gasteiger partial charge < -0.3 is 14.9 Å². The standard InChI is InChI=1S/C14H17NO5/c1-14(2,3)20-13(19)15-10-6-4-9(11(16)8-10)5-7-12(17)18/h4-8,16H,1-3H3,(H,15,19)(H,17,18)/b7-5+. The van der Waals surface area contributed by atoms with Crippen LogP contribution in [0.4, 0.5) is 10.5 Å². The van der Waals surface area contributed by atoms with E-state index in [-0.39, 0.29) is 5.75 Å². The Morgan fingerprint density at radius 1 is 1.30 bits per heavy atom. The molecule has 0 radical (unpaired) electrons. The van der Waals surface area contributed by atoms with Crippen molar-refractivity contribution >= 4 is 23.8 Å². The van der Waals surface area contributed by atoms with E-state index in [9.17, 15) is 14.7 Å². The first-order valence-electron chi connectivity index (χ1n) is 5.91. The number of amides is 1. The molecule has 6 heteroatoms. The highest BCUT2D eigenvalue weighted by Gasteiger charge is 2.16. The van der Waals surface area contributed by atoms with Crippen molar-refractivity contribution in [2.45, 2.75) is 26.4 Å². The van der Waals surface area contributed by atoms with Gasteiger partial charge >= 0.3 is 12.1 Å². The Labute approximate surface area is 116 Å². The number of aliphatic carboxylic acids is 1. The highest BCUT2D eigenvalue weighted by atomic mass is 16.6. The zero-order valence-corrected chi connectivity index (χ0v) is 11.5. The highest BCUT2D eigenvalue weighted by molar-refractivity contribution is 5.87. The average Bonchev–Trinajstić information content (AvgIpc) is 2.24. The van der Waals surface area contributed by atoms with Gasteiger partial charge in [0, 0.05) is 23.4 Å². The second-order valence-electron chi connectivity index (χ2n) is 5.07. The molecule has 1 aromatic carbocycles. The third-order valence-corrected chi connectivity index (χ3v) is 2.08. The molecule has 0 bridgehead atoms. The van der Waals surface area contributed by atoms with E-state index in [1.54, 1.807) is 20.8 Å². The first kappa shape index (κ1) is 15.6. The third-order valence-electron chi connectivity index (χ3n) is 2.08. The van der Waals surface area contributed by atoms with Crippen LogP contribution in [-0.2, 0) is 9.53 Å². The van der Waals surface area contributed by atoms with Gasteiger partial charge in [0.1, 0.15) is 11.4 Å². The van der Waals surface area contributed by atoms with Crippen molar-refractivity contribution in [3.05, 3.63) is 29.8 Å². The quantitative estimate of drug-likeness (QED) is 0.739. The summed E-state index contributed by atoms with van der Waals surface area (Å²) in [5, 5.41) is 20.7. The molecule has 0 aliphatic carbocycles. The summed E-state index contributed by atoms with van der Waals surface area (Å²) in [5.74, 6) is -1.25. The van der Waals surface area contributed by atoms with Crippen LogP contribution in [0.15, 0.2) is 24.3 Å². The van der Waals surface area contributed by atoms with Gasteiger partial charge in [-0.2, -0.15) is 0 Å². The SMILES string of the molecule is CC(C)(C)OC(=O)Nc1ccc(/C=C/C(=O)O)c(O)c1. The largest absolute Gasteiger partial charge is 0.507 e. The summed E-state index contributed by atoms with van der Waals surface area (Å²) < 4.78 is 5.07. The maximum absolute atomic E-state index is 11.5. The van der Waals surface area contributed by atoms with Crippen molar-refractivity contribution in [2.24, 2.45) is 0 Å². The molecular weight excluding hydrogens is 262 g/mol. The number of ether oxygens (including phenoxy) is 1. The van der Waals surface area contributed by atoms with Crippen molar-refractivity contribution in [1.29, 1.82) is 0 Å². The molecule has 6 nitrogen and oxygen atoms in total. The van der Waals surface area contributed by atoms with Crippen LogP contribution in [0.5, 0.6) is 5.75 Å². The summed E-state index contributed by atoms with van der Waals surface area (Å²) in [6.45, 7) is 5.22. The number of hydrogen-bond acceptors (Lipinski definition) is 4. The zero-order chi connectivity index (χ0) is 15.3. The van der Waals surface area contributed by atoms with E-state index >= 15 is 0 Å². The number of carbonyl (C=O) groups excluding carboxylic acids is 1. The summed E-state index contributed by atoms with van der Waals surface area (Å²) in [6, 6.07) is 4.33. The summed E-state index contributed by atoms with van der Waals surface area (Å²) in [6.07, 6.45) is 1.54. The Hall–Kier alpha value is -2.50. The molecule has 1 amide bonds. The Bertz CT molecular complexity index is 543. The van der Waals surface area contributed by atoms with Gasteiger partial charge in [0.25, 0.3) is 0 Å². The highest BCUT2D eigenvalue weighted by Crippen LogP contribution is 2.23. The summed E-state index contributed by atoms with van der Waals surface area (Å²) in [5.41, 5.74) is 0.0717. The molecule has 0 saturated carbocycles. The van der Waals surface area contributed by atoms with Gasteiger partial charge in [-0.1, -0.05) is 0 Å². The molecule has 0 spiro atoms. The molecule has 0 aliphatic heterocycles. The molecule has 0 fully saturated rings. The average molecular weight is 279 g/mol. The van der Waals surface area contributed by atoms with Crippen LogP contribution in [0.1, 0.15) is 26.3 Å². The molecule has 0 atom stereocenters. The lowest BCUT2D eigenvalue weighted by atomic mass is 10.1. The number of hydrogen-bond donors (Lipinski definition) is 3. The lowest BCUT2D eigenvalue weighted by Gasteiger charge is -2.19. The topological polar surface area (TPSA) is 95.9 Å². The summed E-state index contributed by atoms with van der Waals surface area (Å²) in [4.78, 5) is 21.9. The lowest BCUT2D eigenvalue weighted by molar-refractivity contribution is -0.131. The first-order valence-corrected chi connectivity index (χ1v) is 5.91. The number of phenolic OH excluding ortho intramolecular Hbond substituents is 1. The van der Waals surface area contributed by atoms with Gasteiger partial charge in [-0.25, -0.2) is 9.59 Å². The van der Waals surface area contributed by atoms with E-state index in [4.69, 9.17) is 9.84 Å². The molecule has 20 heavy (non-hydrogen) atoms. The minimum Gasteiger partial charge on any atom is -0.507 e. The molecular formula is C14H17NO5. The number of nitrogens with one attached hydrogen (secondary N) is 1. The maximum atomic E-state index is 11.5. The number of phenols is 1. The normalized spacial score (nSPS) is 11.3. The Balaban J connectivity index is 2.78. The van der Waals surface area contributed by atoms with Crippen molar-refractivity contribution in [3.8, 4) is 5.75 Å². The van der Waals surface area contributed by atoms with Crippen LogP contribution >= 0.6 is 0 Å². The lowest BCUT2D eigenvalue weighted by Crippen LogP contribution is -2.27. The smallest absolute Gasteiger partial charge is 0.412 e. The van der Waals surface area contributed by atoms with Gasteiger partial charge in [-0.15, -0.1) is 0 Å². The van der Waals surface area contributed by atoms with Gasteiger partial charge in [-0.3, -0.25) is 5.32 Å². The fraction of sp³-hybridized carbons (Fsp3) is 0.286. The second-order valence-corrected chi connectivity index (χ2v) is 5.07. The summed E-state index contributed by atoms with van der Waals surface area (Å²) in [7, 11) is 0. The number of anilines is 1. The number of carboxylic acid groups (broad SMARTS) is 1. The van der Waals surface area contributed by atoms with Crippen molar-refractivity contribution in [3.63, 3.8) is 0 Å². The van der Waals surface area contributed by atoms with Crippen LogP contribution in [0, 0.1) is 0 Å². The number of benzene rings is 1. The zero-order valence-electron chi connectivity index (χ0n) is 11.5. The Morgan fingerprint density at radius 3 is 2.45 bits per heavy atom. The molecule has 0 heterocycles. The monoisotopic (exact) mass is 279 g/mol. The van der Waals surface area contributed by atoms with Crippen LogP contribution in [0.2, 0.25) is 0 Å². The predicted octanol–water partition coefficient (Wildman–Crippen LogP) is 2.84. The molecule has 0 unspecified atom stereocenters. The van der Waals surface area contributed by atoms with Gasteiger partial charge in [-0.05, 0) is 39.0 Å². The van der Waals surface area contributed by atoms with E-state index in [2.05, 4.69) is 5.32 Å². The fourth-order valence-electron chi connectivity index (χ4n) is 1.34. The molecule has 0 aliphatic rings. The molecule has 108 valence electrons. The van der Waals surface area contributed by atoms with Crippen molar-refractivity contribution in [2.75, 3.05) is 5.32 Å². The Kier molecular flexibility index (Phi) is 4.74. The van der Waals surface area contributed by atoms with E-state index in [0.717, 1.165) is 6.08 Å². The molecule has 3 N–H and O–H groups in total. The minimum atomic E-state index is -1.11. The predicted molar refractivity (Wildman–Crippen MR) is 74.6 cm³/mol. The van der Waals surface area contributed by atoms with Crippen molar-refractivity contribution < 1.29 is 24.5 Å². The molecule has 0 aromatic heterocycles. The fourth-order valence-corrected chi connectivity index (χ4v) is 1.34. The first-order chi connectivity index (χ1) is 9.17. The molecule has 1 aromatic rings. The van der Waals surface area contributed by atoms with Crippen LogP contribution < -0.4 is 5.32 Å². The van der Waals surface area contributed by atoms with E-state index in [0.29, 0.717) is 11.3 Å². The Morgan fingerprint density at radius 2 is 1.95 bits per heavy atom. The van der Waals surface area contributed by atoms with E-state index in [1.165, 1.54) is 24.3 Å². The third kappa shape index (κ3) is 5.43. The van der Waals surface area contributed by atoms with Crippen LogP contribution in [-0.4, -0.2) is 27.9 Å². The van der Waals surface area contributed by atoms with Crippen LogP contribution in [0.25, 0.3) is 6.08 Å². The number of aromatic hydroxyl groups is 1. The minimum absolute atomic E-state index is 0.143. The van der Waals surface area contributed by atoms with Crippen molar-refractivity contribution in [1.82, 2.24) is 0 Å². The van der Waals surface area contributed by atoms with E-state index < -0.39 is 17.7 Å².